The molecule has 1 N–H and O–H groups in total. The summed E-state index contributed by atoms with van der Waals surface area (Å²) in [5, 5.41) is 3.36. The van der Waals surface area contributed by atoms with E-state index in [1.165, 1.54) is 15.9 Å². The Bertz CT molecular complexity index is 1410. The number of morpholine rings is 1. The van der Waals surface area contributed by atoms with E-state index >= 15 is 0 Å². The second-order valence-corrected chi connectivity index (χ2v) is 9.02. The first-order valence-electron chi connectivity index (χ1n) is 11.0. The van der Waals surface area contributed by atoms with Crippen LogP contribution in [-0.4, -0.2) is 47.6 Å². The fraction of sp³-hybridized carbons (Fsp3) is 0.240. The second kappa shape index (κ2) is 9.28. The van der Waals surface area contributed by atoms with Crippen molar-refractivity contribution in [3.63, 3.8) is 0 Å². The number of amides is 2. The molecule has 0 aliphatic carbocycles. The number of hydrogen-bond acceptors (Lipinski definition) is 6. The quantitative estimate of drug-likeness (QED) is 0.473. The van der Waals surface area contributed by atoms with Crippen molar-refractivity contribution >= 4 is 39.3 Å². The van der Waals surface area contributed by atoms with E-state index in [9.17, 15) is 14.4 Å². The van der Waals surface area contributed by atoms with Gasteiger partial charge in [-0.3, -0.25) is 14.2 Å². The Labute approximate surface area is 199 Å². The summed E-state index contributed by atoms with van der Waals surface area (Å²) in [6.45, 7) is 3.64. The van der Waals surface area contributed by atoms with E-state index < -0.39 is 11.7 Å². The van der Waals surface area contributed by atoms with Crippen LogP contribution in [0.3, 0.4) is 0 Å². The van der Waals surface area contributed by atoms with Crippen LogP contribution in [0, 0.1) is 6.92 Å². The zero-order chi connectivity index (χ0) is 23.7. The summed E-state index contributed by atoms with van der Waals surface area (Å²) >= 11 is 1.36. The smallest absolute Gasteiger partial charge is 0.408 e. The molecular weight excluding hydrogens is 454 g/mol. The van der Waals surface area contributed by atoms with E-state index in [1.807, 2.05) is 37.3 Å². The van der Waals surface area contributed by atoms with Gasteiger partial charge in [-0.25, -0.2) is 4.79 Å². The molecular formula is C25H23N3O5S. The minimum absolute atomic E-state index is 0.138. The third-order valence-electron chi connectivity index (χ3n) is 5.82. The second-order valence-electron chi connectivity index (χ2n) is 8.00. The highest BCUT2D eigenvalue weighted by molar-refractivity contribution is 7.20. The zero-order valence-corrected chi connectivity index (χ0v) is 19.4. The molecule has 1 aliphatic heterocycles. The summed E-state index contributed by atoms with van der Waals surface area (Å²) < 4.78 is 11.9. The van der Waals surface area contributed by atoms with Gasteiger partial charge in [0, 0.05) is 18.0 Å². The first-order valence-corrected chi connectivity index (χ1v) is 11.8. The minimum Gasteiger partial charge on any atom is -0.408 e. The number of benzene rings is 2. The predicted octanol–water partition coefficient (Wildman–Crippen LogP) is 3.74. The van der Waals surface area contributed by atoms with Gasteiger partial charge in [0.25, 0.3) is 5.91 Å². The molecule has 3 heterocycles. The molecule has 1 fully saturated rings. The third-order valence-corrected chi connectivity index (χ3v) is 7.08. The minimum atomic E-state index is -0.603. The molecule has 4 aromatic rings. The van der Waals surface area contributed by atoms with Gasteiger partial charge in [-0.05, 0) is 30.2 Å². The zero-order valence-electron chi connectivity index (χ0n) is 18.6. The lowest BCUT2D eigenvalue weighted by molar-refractivity contribution is -0.116. The highest BCUT2D eigenvalue weighted by Gasteiger charge is 2.28. The first kappa shape index (κ1) is 22.1. The molecule has 2 aromatic carbocycles. The Balaban J connectivity index is 1.49. The molecule has 9 heteroatoms. The van der Waals surface area contributed by atoms with Crippen LogP contribution in [0.5, 0.6) is 0 Å². The molecule has 0 saturated carbocycles. The Morgan fingerprint density at radius 3 is 2.50 bits per heavy atom. The molecule has 0 atom stereocenters. The third kappa shape index (κ3) is 4.15. The number of thiophene rings is 1. The van der Waals surface area contributed by atoms with Crippen LogP contribution < -0.4 is 11.1 Å². The summed E-state index contributed by atoms with van der Waals surface area (Å²) in [6.07, 6.45) is 0. The van der Waals surface area contributed by atoms with E-state index in [2.05, 4.69) is 5.32 Å². The van der Waals surface area contributed by atoms with Crippen molar-refractivity contribution in [2.24, 2.45) is 0 Å². The topological polar surface area (TPSA) is 93.8 Å². The van der Waals surface area contributed by atoms with Crippen LogP contribution in [0.15, 0.2) is 63.8 Å². The number of carbonyl (C=O) groups is 2. The van der Waals surface area contributed by atoms with Crippen LogP contribution in [-0.2, 0) is 16.1 Å². The Hall–Kier alpha value is -3.69. The van der Waals surface area contributed by atoms with Gasteiger partial charge in [0.2, 0.25) is 5.91 Å². The molecule has 1 saturated heterocycles. The fourth-order valence-electron chi connectivity index (χ4n) is 4.12. The van der Waals surface area contributed by atoms with Crippen LogP contribution in [0.1, 0.15) is 15.9 Å². The molecule has 2 amide bonds. The molecule has 2 aromatic heterocycles. The van der Waals surface area contributed by atoms with Crippen LogP contribution in [0.4, 0.5) is 5.00 Å². The monoisotopic (exact) mass is 477 g/mol. The van der Waals surface area contributed by atoms with Gasteiger partial charge in [0.1, 0.15) is 11.5 Å². The standard InChI is InChI=1S/C25H23N3O5S/c1-16-21(24(30)27-11-13-32-14-12-27)23(34-22(16)17-7-3-2-4-8-17)26-20(29)15-28-18-9-5-6-10-19(18)33-25(28)31/h2-10H,11-15H2,1H3,(H,26,29). The largest absolute Gasteiger partial charge is 0.420 e. The van der Waals surface area contributed by atoms with Crippen LogP contribution in [0.25, 0.3) is 21.5 Å². The van der Waals surface area contributed by atoms with Crippen molar-refractivity contribution in [1.29, 1.82) is 0 Å². The SMILES string of the molecule is Cc1c(-c2ccccc2)sc(NC(=O)Cn2c(=O)oc3ccccc32)c1C(=O)N1CCOCC1. The maximum absolute atomic E-state index is 13.5. The van der Waals surface area contributed by atoms with Crippen molar-refractivity contribution in [2.45, 2.75) is 13.5 Å². The lowest BCUT2D eigenvalue weighted by Gasteiger charge is -2.27. The van der Waals surface area contributed by atoms with Gasteiger partial charge in [-0.1, -0.05) is 42.5 Å². The number of ether oxygens (including phenoxy) is 1. The maximum atomic E-state index is 13.5. The summed E-state index contributed by atoms with van der Waals surface area (Å²) in [4.78, 5) is 41.5. The van der Waals surface area contributed by atoms with Crippen molar-refractivity contribution < 1.29 is 18.7 Å². The molecule has 0 radical (unpaired) electrons. The summed E-state index contributed by atoms with van der Waals surface area (Å²) in [6, 6.07) is 16.7. The van der Waals surface area contributed by atoms with Crippen LogP contribution >= 0.6 is 11.3 Å². The summed E-state index contributed by atoms with van der Waals surface area (Å²) in [5.74, 6) is -1.15. The molecule has 174 valence electrons. The maximum Gasteiger partial charge on any atom is 0.420 e. The van der Waals surface area contributed by atoms with E-state index in [0.29, 0.717) is 48.0 Å². The first-order chi connectivity index (χ1) is 16.5. The number of nitrogens with one attached hydrogen (secondary N) is 1. The summed E-state index contributed by atoms with van der Waals surface area (Å²) in [5.41, 5.74) is 3.22. The number of rotatable bonds is 5. The predicted molar refractivity (Wildman–Crippen MR) is 130 cm³/mol. The molecule has 0 unspecified atom stereocenters. The van der Waals surface area contributed by atoms with E-state index in [0.717, 1.165) is 16.0 Å². The molecule has 0 spiro atoms. The van der Waals surface area contributed by atoms with Gasteiger partial charge in [0.15, 0.2) is 5.58 Å². The average molecular weight is 478 g/mol. The van der Waals surface area contributed by atoms with E-state index in [1.54, 1.807) is 29.2 Å². The van der Waals surface area contributed by atoms with Gasteiger partial charge in [0.05, 0.1) is 24.3 Å². The fourth-order valence-corrected chi connectivity index (χ4v) is 5.34. The number of oxazole rings is 1. The van der Waals surface area contributed by atoms with Crippen molar-refractivity contribution in [3.05, 3.63) is 76.3 Å². The van der Waals surface area contributed by atoms with Crippen molar-refractivity contribution in [2.75, 3.05) is 31.6 Å². The lowest BCUT2D eigenvalue weighted by Crippen LogP contribution is -2.41. The van der Waals surface area contributed by atoms with Gasteiger partial charge >= 0.3 is 5.76 Å². The number of hydrogen-bond donors (Lipinski definition) is 1. The molecule has 5 rings (SSSR count). The Morgan fingerprint density at radius 1 is 1.03 bits per heavy atom. The van der Waals surface area contributed by atoms with E-state index in [4.69, 9.17) is 9.15 Å². The lowest BCUT2D eigenvalue weighted by atomic mass is 10.1. The highest BCUT2D eigenvalue weighted by atomic mass is 32.1. The van der Waals surface area contributed by atoms with Crippen LogP contribution in [0.2, 0.25) is 0 Å². The van der Waals surface area contributed by atoms with Crippen molar-refractivity contribution in [3.8, 4) is 10.4 Å². The molecule has 1 aliphatic rings. The Morgan fingerprint density at radius 2 is 1.74 bits per heavy atom. The number of aromatic nitrogens is 1. The highest BCUT2D eigenvalue weighted by Crippen LogP contribution is 2.40. The summed E-state index contributed by atoms with van der Waals surface area (Å²) in [7, 11) is 0. The molecule has 8 nitrogen and oxygen atoms in total. The number of carbonyl (C=O) groups excluding carboxylic acids is 2. The van der Waals surface area contributed by atoms with Gasteiger partial charge in [-0.15, -0.1) is 11.3 Å². The number of nitrogens with zero attached hydrogens (tertiary/aromatic N) is 2. The van der Waals surface area contributed by atoms with Crippen molar-refractivity contribution in [1.82, 2.24) is 9.47 Å². The molecule has 34 heavy (non-hydrogen) atoms. The van der Waals surface area contributed by atoms with Gasteiger partial charge < -0.3 is 19.4 Å². The number of anilines is 1. The number of para-hydroxylation sites is 2. The Kier molecular flexibility index (Phi) is 6.04. The van der Waals surface area contributed by atoms with Gasteiger partial charge in [-0.2, -0.15) is 0 Å². The normalized spacial score (nSPS) is 13.9. The van der Waals surface area contributed by atoms with E-state index in [-0.39, 0.29) is 12.5 Å². The average Bonchev–Trinajstić information content (AvgIpc) is 3.35. The molecule has 0 bridgehead atoms. The number of fused-ring (bicyclic) bond motifs is 1.